The summed E-state index contributed by atoms with van der Waals surface area (Å²) in [7, 11) is 0. The minimum Gasteiger partial charge on any atom is -0.385 e. The Bertz CT molecular complexity index is 535. The molecule has 4 heteroatoms. The van der Waals surface area contributed by atoms with Crippen molar-refractivity contribution in [2.75, 3.05) is 6.61 Å². The Morgan fingerprint density at radius 3 is 2.74 bits per heavy atom. The van der Waals surface area contributed by atoms with Crippen molar-refractivity contribution in [3.63, 3.8) is 0 Å². The normalized spacial score (nSPS) is 25.9. The number of benzene rings is 1. The third-order valence-electron chi connectivity index (χ3n) is 5.27. The highest BCUT2D eigenvalue weighted by Crippen LogP contribution is 2.40. The predicted molar refractivity (Wildman–Crippen MR) is 88.9 cm³/mol. The molecule has 4 nitrogen and oxygen atoms in total. The minimum atomic E-state index is -1.14. The van der Waals surface area contributed by atoms with Gasteiger partial charge in [-0.15, -0.1) is 0 Å². The van der Waals surface area contributed by atoms with E-state index in [9.17, 15) is 9.90 Å². The average molecular weight is 317 g/mol. The Kier molecular flexibility index (Phi) is 4.74. The van der Waals surface area contributed by atoms with Gasteiger partial charge in [-0.25, -0.2) is 0 Å². The molecule has 0 bridgehead atoms. The van der Waals surface area contributed by atoms with E-state index in [0.29, 0.717) is 0 Å². The van der Waals surface area contributed by atoms with Crippen molar-refractivity contribution in [1.29, 1.82) is 0 Å². The topological polar surface area (TPSA) is 58.6 Å². The van der Waals surface area contributed by atoms with Gasteiger partial charge in [-0.2, -0.15) is 0 Å². The lowest BCUT2D eigenvalue weighted by atomic mass is 9.88. The smallest absolute Gasteiger partial charge is 0.223 e. The molecule has 1 amide bonds. The molecule has 1 aromatic carbocycles. The van der Waals surface area contributed by atoms with E-state index in [4.69, 9.17) is 4.74 Å². The Morgan fingerprint density at radius 2 is 2.04 bits per heavy atom. The average Bonchev–Trinajstić information content (AvgIpc) is 2.95. The molecule has 2 unspecified atom stereocenters. The maximum absolute atomic E-state index is 12.4. The van der Waals surface area contributed by atoms with Crippen LogP contribution in [0.2, 0.25) is 0 Å². The molecule has 1 heterocycles. The number of carbonyl (C=O) groups is 1. The fourth-order valence-corrected chi connectivity index (χ4v) is 4.01. The summed E-state index contributed by atoms with van der Waals surface area (Å²) in [4.78, 5) is 12.4. The summed E-state index contributed by atoms with van der Waals surface area (Å²) >= 11 is 0. The second-order valence-electron chi connectivity index (χ2n) is 7.31. The molecule has 1 saturated heterocycles. The minimum absolute atomic E-state index is 0.00184. The lowest BCUT2D eigenvalue weighted by molar-refractivity contribution is -0.129. The van der Waals surface area contributed by atoms with Crippen molar-refractivity contribution in [1.82, 2.24) is 5.32 Å². The first-order valence-electron chi connectivity index (χ1n) is 8.70. The SMILES string of the molecule is CC(O)(CC(=O)NC1CCOC2(CCCC2)C1)c1ccccc1. The predicted octanol–water partition coefficient (Wildman–Crippen LogP) is 2.89. The largest absolute Gasteiger partial charge is 0.385 e. The summed E-state index contributed by atoms with van der Waals surface area (Å²) in [6.45, 7) is 2.42. The molecule has 1 aliphatic carbocycles. The molecule has 3 rings (SSSR count). The van der Waals surface area contributed by atoms with Crippen LogP contribution in [0.3, 0.4) is 0 Å². The van der Waals surface area contributed by atoms with Crippen LogP contribution in [0.5, 0.6) is 0 Å². The van der Waals surface area contributed by atoms with E-state index >= 15 is 0 Å². The van der Waals surface area contributed by atoms with E-state index in [2.05, 4.69) is 5.32 Å². The Hall–Kier alpha value is -1.39. The van der Waals surface area contributed by atoms with E-state index < -0.39 is 5.60 Å². The first kappa shape index (κ1) is 16.5. The van der Waals surface area contributed by atoms with Gasteiger partial charge in [-0.05, 0) is 38.2 Å². The molecule has 126 valence electrons. The van der Waals surface area contributed by atoms with Crippen LogP contribution in [0.1, 0.15) is 57.4 Å². The third kappa shape index (κ3) is 3.93. The van der Waals surface area contributed by atoms with Crippen LogP contribution in [0.25, 0.3) is 0 Å². The van der Waals surface area contributed by atoms with E-state index in [0.717, 1.165) is 37.9 Å². The van der Waals surface area contributed by atoms with Gasteiger partial charge in [-0.1, -0.05) is 43.2 Å². The van der Waals surface area contributed by atoms with Crippen molar-refractivity contribution in [3.05, 3.63) is 35.9 Å². The van der Waals surface area contributed by atoms with Crippen LogP contribution in [0.15, 0.2) is 30.3 Å². The van der Waals surface area contributed by atoms with Gasteiger partial charge in [0.2, 0.25) is 5.91 Å². The number of hydrogen-bond donors (Lipinski definition) is 2. The molecule has 1 aromatic rings. The zero-order valence-corrected chi connectivity index (χ0v) is 13.9. The van der Waals surface area contributed by atoms with Crippen LogP contribution >= 0.6 is 0 Å². The van der Waals surface area contributed by atoms with Gasteiger partial charge in [0.15, 0.2) is 0 Å². The highest BCUT2D eigenvalue weighted by atomic mass is 16.5. The maximum Gasteiger partial charge on any atom is 0.223 e. The molecular formula is C19H27NO3. The number of carbonyl (C=O) groups excluding carboxylic acids is 1. The van der Waals surface area contributed by atoms with E-state index in [1.54, 1.807) is 6.92 Å². The number of rotatable bonds is 4. The van der Waals surface area contributed by atoms with Crippen molar-refractivity contribution < 1.29 is 14.6 Å². The van der Waals surface area contributed by atoms with Gasteiger partial charge in [0.1, 0.15) is 0 Å². The van der Waals surface area contributed by atoms with Crippen molar-refractivity contribution in [2.24, 2.45) is 0 Å². The summed E-state index contributed by atoms with van der Waals surface area (Å²) in [6, 6.07) is 9.54. The molecule has 1 aliphatic heterocycles. The first-order chi connectivity index (χ1) is 11.0. The lowest BCUT2D eigenvalue weighted by Gasteiger charge is -2.38. The fraction of sp³-hybridized carbons (Fsp3) is 0.632. The monoisotopic (exact) mass is 317 g/mol. The molecule has 0 radical (unpaired) electrons. The Morgan fingerprint density at radius 1 is 1.35 bits per heavy atom. The van der Waals surface area contributed by atoms with Gasteiger partial charge in [0, 0.05) is 12.6 Å². The second-order valence-corrected chi connectivity index (χ2v) is 7.31. The zero-order chi connectivity index (χ0) is 16.3. The standard InChI is InChI=1S/C19H27NO3/c1-18(22,15-7-3-2-4-8-15)14-17(21)20-16-9-12-23-19(13-16)10-5-6-11-19/h2-4,7-8,16,22H,5-6,9-14H2,1H3,(H,20,21). The Balaban J connectivity index is 1.57. The molecule has 1 saturated carbocycles. The zero-order valence-electron chi connectivity index (χ0n) is 13.9. The summed E-state index contributed by atoms with van der Waals surface area (Å²) in [5.41, 5.74) is -0.367. The van der Waals surface area contributed by atoms with Crippen molar-refractivity contribution >= 4 is 5.91 Å². The maximum atomic E-state index is 12.4. The van der Waals surface area contributed by atoms with E-state index in [1.165, 1.54) is 12.8 Å². The van der Waals surface area contributed by atoms with E-state index in [-0.39, 0.29) is 24.0 Å². The third-order valence-corrected chi connectivity index (χ3v) is 5.27. The number of aliphatic hydroxyl groups is 1. The molecule has 2 fully saturated rings. The van der Waals surface area contributed by atoms with Crippen LogP contribution in [-0.2, 0) is 15.1 Å². The summed E-state index contributed by atoms with van der Waals surface area (Å²) < 4.78 is 6.01. The number of nitrogens with one attached hydrogen (secondary N) is 1. The van der Waals surface area contributed by atoms with Gasteiger partial charge in [0.25, 0.3) is 0 Å². The molecule has 0 aromatic heterocycles. The molecular weight excluding hydrogens is 290 g/mol. The number of ether oxygens (including phenoxy) is 1. The highest BCUT2D eigenvalue weighted by Gasteiger charge is 2.40. The second kappa shape index (κ2) is 6.62. The quantitative estimate of drug-likeness (QED) is 0.898. The van der Waals surface area contributed by atoms with Gasteiger partial charge < -0.3 is 15.2 Å². The number of hydrogen-bond acceptors (Lipinski definition) is 3. The van der Waals surface area contributed by atoms with Crippen LogP contribution in [-0.4, -0.2) is 29.3 Å². The first-order valence-corrected chi connectivity index (χ1v) is 8.70. The molecule has 1 spiro atoms. The number of amides is 1. The van der Waals surface area contributed by atoms with Gasteiger partial charge in [0.05, 0.1) is 17.6 Å². The van der Waals surface area contributed by atoms with Gasteiger partial charge >= 0.3 is 0 Å². The van der Waals surface area contributed by atoms with Crippen LogP contribution in [0, 0.1) is 0 Å². The van der Waals surface area contributed by atoms with Crippen LogP contribution in [0.4, 0.5) is 0 Å². The van der Waals surface area contributed by atoms with Crippen LogP contribution < -0.4 is 5.32 Å². The molecule has 23 heavy (non-hydrogen) atoms. The summed E-state index contributed by atoms with van der Waals surface area (Å²) in [5, 5.41) is 13.7. The summed E-state index contributed by atoms with van der Waals surface area (Å²) in [5.74, 6) is -0.0844. The lowest BCUT2D eigenvalue weighted by Crippen LogP contribution is -2.48. The molecule has 2 aliphatic rings. The summed E-state index contributed by atoms with van der Waals surface area (Å²) in [6.07, 6.45) is 6.53. The fourth-order valence-electron chi connectivity index (χ4n) is 4.01. The highest BCUT2D eigenvalue weighted by molar-refractivity contribution is 5.77. The molecule has 2 atom stereocenters. The van der Waals surface area contributed by atoms with Crippen molar-refractivity contribution in [3.8, 4) is 0 Å². The molecule has 2 N–H and O–H groups in total. The van der Waals surface area contributed by atoms with Crippen molar-refractivity contribution in [2.45, 2.75) is 69.1 Å². The van der Waals surface area contributed by atoms with E-state index in [1.807, 2.05) is 30.3 Å². The Labute approximate surface area is 138 Å². The van der Waals surface area contributed by atoms with Gasteiger partial charge in [-0.3, -0.25) is 4.79 Å².